The van der Waals surface area contributed by atoms with Gasteiger partial charge in [0, 0.05) is 18.2 Å². The van der Waals surface area contributed by atoms with Crippen molar-refractivity contribution in [3.63, 3.8) is 0 Å². The van der Waals surface area contributed by atoms with E-state index in [0.29, 0.717) is 11.4 Å². The lowest BCUT2D eigenvalue weighted by Gasteiger charge is -2.36. The summed E-state index contributed by atoms with van der Waals surface area (Å²) in [4.78, 5) is 43.6. The molecule has 1 aliphatic rings. The number of ether oxygens (including phenoxy) is 2. The summed E-state index contributed by atoms with van der Waals surface area (Å²) in [5.41, 5.74) is 3.35. The molecule has 4 unspecified atom stereocenters. The van der Waals surface area contributed by atoms with E-state index in [1.54, 1.807) is 57.0 Å². The molecule has 8 heteroatoms. The molecule has 2 N–H and O–H groups in total. The van der Waals surface area contributed by atoms with Gasteiger partial charge in [-0.1, -0.05) is 61.0 Å². The zero-order chi connectivity index (χ0) is 31.3. The van der Waals surface area contributed by atoms with Crippen LogP contribution in [0.1, 0.15) is 62.4 Å². The van der Waals surface area contributed by atoms with Crippen molar-refractivity contribution in [2.45, 2.75) is 78.1 Å². The monoisotopic (exact) mass is 585 g/mol. The molecule has 4 rings (SSSR count). The first-order valence-electron chi connectivity index (χ1n) is 14.7. The van der Waals surface area contributed by atoms with Crippen LogP contribution in [0.4, 0.5) is 10.5 Å². The number of nitrogens with one attached hydrogen (secondary N) is 2. The van der Waals surface area contributed by atoms with Crippen molar-refractivity contribution in [1.82, 2.24) is 10.2 Å². The number of benzene rings is 3. The third-order valence-corrected chi connectivity index (χ3v) is 7.56. The highest BCUT2D eigenvalue weighted by atomic mass is 16.6. The van der Waals surface area contributed by atoms with Gasteiger partial charge in [0.25, 0.3) is 5.91 Å². The molecule has 3 aromatic rings. The maximum atomic E-state index is 14.7. The summed E-state index contributed by atoms with van der Waals surface area (Å²) in [5.74, 6) is 0.204. The lowest BCUT2D eigenvalue weighted by molar-refractivity contribution is -0.141. The first-order valence-corrected chi connectivity index (χ1v) is 14.7. The Morgan fingerprint density at radius 3 is 2.21 bits per heavy atom. The molecule has 3 aromatic carbocycles. The molecular formula is C35H43N3O5. The van der Waals surface area contributed by atoms with Crippen molar-refractivity contribution in [1.29, 1.82) is 0 Å². The van der Waals surface area contributed by atoms with E-state index in [-0.39, 0.29) is 30.2 Å². The largest absolute Gasteiger partial charge is 0.497 e. The minimum absolute atomic E-state index is 0.169. The van der Waals surface area contributed by atoms with Crippen LogP contribution in [-0.2, 0) is 20.7 Å². The fourth-order valence-electron chi connectivity index (χ4n) is 5.21. The minimum atomic E-state index is -0.952. The average Bonchev–Trinajstić information content (AvgIpc) is 3.67. The van der Waals surface area contributed by atoms with Gasteiger partial charge < -0.3 is 25.0 Å². The van der Waals surface area contributed by atoms with Crippen LogP contribution >= 0.6 is 0 Å². The van der Waals surface area contributed by atoms with Crippen molar-refractivity contribution in [3.05, 3.63) is 95.1 Å². The molecule has 1 fully saturated rings. The number of hydrogen-bond donors (Lipinski definition) is 2. The smallest absolute Gasteiger partial charge is 0.408 e. The number of rotatable bonds is 10. The van der Waals surface area contributed by atoms with Crippen LogP contribution in [-0.4, -0.2) is 47.6 Å². The van der Waals surface area contributed by atoms with Gasteiger partial charge in [-0.25, -0.2) is 4.79 Å². The van der Waals surface area contributed by atoms with Crippen LogP contribution in [0, 0.1) is 19.8 Å². The number of alkyl carbamates (subject to hydrolysis) is 1. The Hall–Kier alpha value is -4.33. The number of hydrogen-bond acceptors (Lipinski definition) is 5. The van der Waals surface area contributed by atoms with Gasteiger partial charge in [0.2, 0.25) is 5.91 Å². The maximum Gasteiger partial charge on any atom is 0.408 e. The zero-order valence-corrected chi connectivity index (χ0v) is 26.1. The topological polar surface area (TPSA) is 97.0 Å². The fraction of sp³-hybridized carbons (Fsp3) is 0.400. The lowest BCUT2D eigenvalue weighted by Crippen LogP contribution is -2.54. The van der Waals surface area contributed by atoms with E-state index in [9.17, 15) is 14.4 Å². The summed E-state index contributed by atoms with van der Waals surface area (Å²) in [6.45, 7) is 11.3. The number of anilines is 1. The Bertz CT molecular complexity index is 1430. The van der Waals surface area contributed by atoms with Crippen molar-refractivity contribution >= 4 is 23.6 Å². The predicted molar refractivity (Wildman–Crippen MR) is 168 cm³/mol. The number of carbonyl (C=O) groups excluding carboxylic acids is 3. The third-order valence-electron chi connectivity index (χ3n) is 7.56. The molecule has 0 spiro atoms. The van der Waals surface area contributed by atoms with Gasteiger partial charge in [-0.15, -0.1) is 0 Å². The van der Waals surface area contributed by atoms with Gasteiger partial charge in [0.15, 0.2) is 0 Å². The highest BCUT2D eigenvalue weighted by Crippen LogP contribution is 2.42. The molecule has 0 aromatic heterocycles. The molecule has 0 radical (unpaired) electrons. The molecule has 1 saturated carbocycles. The molecule has 43 heavy (non-hydrogen) atoms. The van der Waals surface area contributed by atoms with E-state index in [2.05, 4.69) is 17.6 Å². The average molecular weight is 586 g/mol. The summed E-state index contributed by atoms with van der Waals surface area (Å²) in [5, 5.41) is 5.87. The van der Waals surface area contributed by atoms with Crippen LogP contribution in [0.25, 0.3) is 0 Å². The molecule has 0 saturated heterocycles. The summed E-state index contributed by atoms with van der Waals surface area (Å²) in [6.07, 6.45) is 0.320. The van der Waals surface area contributed by atoms with E-state index in [4.69, 9.17) is 9.47 Å². The standard InChI is InChI=1S/C35H43N3O5/c1-22-13-14-23(2)28(19-22)31(32(39)36-26-15-17-27(42-7)18-16-26)38(30-20-24(30)3)33(40)29(21-25-11-9-8-10-12-25)37-34(41)43-35(4,5)6/h8-19,24,29-31H,20-21H2,1-7H3,(H,36,39)(H,37,41). The molecule has 3 amide bonds. The Kier molecular flexibility index (Phi) is 9.79. The van der Waals surface area contributed by atoms with Gasteiger partial charge in [-0.05, 0) is 87.9 Å². The van der Waals surface area contributed by atoms with Crippen LogP contribution in [0.2, 0.25) is 0 Å². The number of aryl methyl sites for hydroxylation is 2. The van der Waals surface area contributed by atoms with Crippen LogP contribution in [0.5, 0.6) is 5.75 Å². The van der Waals surface area contributed by atoms with E-state index >= 15 is 0 Å². The highest BCUT2D eigenvalue weighted by Gasteiger charge is 2.48. The first kappa shape index (κ1) is 31.6. The number of nitrogens with zero attached hydrogens (tertiary/aromatic N) is 1. The Morgan fingerprint density at radius 1 is 0.977 bits per heavy atom. The predicted octanol–water partition coefficient (Wildman–Crippen LogP) is 6.36. The lowest BCUT2D eigenvalue weighted by atomic mass is 9.95. The van der Waals surface area contributed by atoms with Gasteiger partial charge in [-0.3, -0.25) is 9.59 Å². The molecule has 228 valence electrons. The van der Waals surface area contributed by atoms with Crippen LogP contribution in [0.3, 0.4) is 0 Å². The van der Waals surface area contributed by atoms with Crippen molar-refractivity contribution in [2.75, 3.05) is 12.4 Å². The van der Waals surface area contributed by atoms with Gasteiger partial charge in [0.05, 0.1) is 7.11 Å². The van der Waals surface area contributed by atoms with E-state index < -0.39 is 23.8 Å². The van der Waals surface area contributed by atoms with Crippen molar-refractivity contribution < 1.29 is 23.9 Å². The quantitative estimate of drug-likeness (QED) is 0.288. The van der Waals surface area contributed by atoms with Crippen molar-refractivity contribution in [2.24, 2.45) is 5.92 Å². The Balaban J connectivity index is 1.76. The second-order valence-electron chi connectivity index (χ2n) is 12.4. The number of carbonyl (C=O) groups is 3. The normalized spacial score (nSPS) is 17.3. The number of methoxy groups -OCH3 is 1. The van der Waals surface area contributed by atoms with Crippen LogP contribution < -0.4 is 15.4 Å². The zero-order valence-electron chi connectivity index (χ0n) is 26.1. The third kappa shape index (κ3) is 8.37. The molecular weight excluding hydrogens is 542 g/mol. The Labute approximate surface area is 254 Å². The molecule has 0 aliphatic heterocycles. The fourth-order valence-corrected chi connectivity index (χ4v) is 5.21. The van der Waals surface area contributed by atoms with Crippen molar-refractivity contribution in [3.8, 4) is 5.75 Å². The summed E-state index contributed by atoms with van der Waals surface area (Å²) in [6, 6.07) is 20.5. The van der Waals surface area contributed by atoms with E-state index in [0.717, 1.165) is 28.7 Å². The molecule has 0 bridgehead atoms. The molecule has 4 atom stereocenters. The highest BCUT2D eigenvalue weighted by molar-refractivity contribution is 5.99. The summed E-state index contributed by atoms with van der Waals surface area (Å²) < 4.78 is 10.8. The first-order chi connectivity index (χ1) is 20.4. The van der Waals surface area contributed by atoms with Gasteiger partial charge >= 0.3 is 6.09 Å². The molecule has 8 nitrogen and oxygen atoms in total. The summed E-state index contributed by atoms with van der Waals surface area (Å²) in [7, 11) is 1.58. The molecule has 0 heterocycles. The maximum absolute atomic E-state index is 14.7. The van der Waals surface area contributed by atoms with Gasteiger partial charge in [0.1, 0.15) is 23.4 Å². The number of amides is 3. The van der Waals surface area contributed by atoms with E-state index in [1.807, 2.05) is 62.4 Å². The Morgan fingerprint density at radius 2 is 1.63 bits per heavy atom. The second kappa shape index (κ2) is 13.3. The summed E-state index contributed by atoms with van der Waals surface area (Å²) >= 11 is 0. The van der Waals surface area contributed by atoms with Gasteiger partial charge in [-0.2, -0.15) is 0 Å². The SMILES string of the molecule is COc1ccc(NC(=O)C(c2cc(C)ccc2C)N(C(=O)C(Cc2ccccc2)NC(=O)OC(C)(C)C)C2CC2C)cc1. The minimum Gasteiger partial charge on any atom is -0.497 e. The van der Waals surface area contributed by atoms with E-state index in [1.165, 1.54) is 0 Å². The second-order valence-corrected chi connectivity index (χ2v) is 12.4. The van der Waals surface area contributed by atoms with Crippen LogP contribution in [0.15, 0.2) is 72.8 Å². The molecule has 1 aliphatic carbocycles.